The molecule has 0 aliphatic carbocycles. The van der Waals surface area contributed by atoms with Gasteiger partial charge in [0, 0.05) is 19.2 Å². The van der Waals surface area contributed by atoms with Gasteiger partial charge in [0.15, 0.2) is 0 Å². The van der Waals surface area contributed by atoms with Gasteiger partial charge in [-0.05, 0) is 46.7 Å². The Kier molecular flexibility index (Phi) is 8.25. The van der Waals surface area contributed by atoms with Gasteiger partial charge in [-0.15, -0.1) is 24.8 Å². The van der Waals surface area contributed by atoms with Crippen molar-refractivity contribution < 1.29 is 4.74 Å². The molecule has 1 fully saturated rings. The maximum absolute atomic E-state index is 6.08. The smallest absolute Gasteiger partial charge is 0.0749 e. The van der Waals surface area contributed by atoms with Gasteiger partial charge < -0.3 is 15.4 Å². The van der Waals surface area contributed by atoms with Crippen LogP contribution in [0.1, 0.15) is 33.6 Å². The molecule has 0 unspecified atom stereocenters. The third-order valence-electron chi connectivity index (χ3n) is 3.16. The van der Waals surface area contributed by atoms with Crippen molar-refractivity contribution in [3.8, 4) is 0 Å². The van der Waals surface area contributed by atoms with Crippen molar-refractivity contribution in [2.24, 2.45) is 5.73 Å². The number of ether oxygens (including phenoxy) is 1. The molecule has 3 nitrogen and oxygen atoms in total. The number of piperidine rings is 1. The lowest BCUT2D eigenvalue weighted by Gasteiger charge is -2.39. The summed E-state index contributed by atoms with van der Waals surface area (Å²) in [4.78, 5) is 2.44. The molecule has 1 rings (SSSR count). The third kappa shape index (κ3) is 6.26. The molecule has 1 aliphatic heterocycles. The summed E-state index contributed by atoms with van der Waals surface area (Å²) in [6.07, 6.45) is 2.18. The first kappa shape index (κ1) is 18.8. The van der Waals surface area contributed by atoms with E-state index in [0.717, 1.165) is 32.5 Å². The van der Waals surface area contributed by atoms with E-state index in [1.807, 2.05) is 0 Å². The fraction of sp³-hybridized carbons (Fsp3) is 1.00. The van der Waals surface area contributed by atoms with Crippen LogP contribution in [-0.2, 0) is 4.74 Å². The molecule has 0 aromatic heterocycles. The monoisotopic (exact) mass is 272 g/mol. The highest BCUT2D eigenvalue weighted by molar-refractivity contribution is 5.85. The van der Waals surface area contributed by atoms with Crippen LogP contribution in [0.2, 0.25) is 0 Å². The van der Waals surface area contributed by atoms with Crippen molar-refractivity contribution in [3.63, 3.8) is 0 Å². The molecule has 0 aromatic carbocycles. The van der Waals surface area contributed by atoms with Gasteiger partial charge in [0.05, 0.1) is 5.60 Å². The van der Waals surface area contributed by atoms with Gasteiger partial charge in [-0.1, -0.05) is 0 Å². The fourth-order valence-corrected chi connectivity index (χ4v) is 1.83. The molecule has 5 heteroatoms. The van der Waals surface area contributed by atoms with Crippen LogP contribution in [-0.4, -0.2) is 42.8 Å². The molecule has 100 valence electrons. The Bertz CT molecular complexity index is 188. The molecule has 0 atom stereocenters. The quantitative estimate of drug-likeness (QED) is 0.855. The van der Waals surface area contributed by atoms with Gasteiger partial charge in [0.2, 0.25) is 0 Å². The van der Waals surface area contributed by atoms with E-state index in [4.69, 9.17) is 10.5 Å². The Morgan fingerprint density at radius 2 is 1.69 bits per heavy atom. The lowest BCUT2D eigenvalue weighted by atomic mass is 9.90. The van der Waals surface area contributed by atoms with Crippen molar-refractivity contribution in [1.82, 2.24) is 4.90 Å². The number of likely N-dealkylation sites (tertiary alicyclic amines) is 1. The number of nitrogens with two attached hydrogens (primary N) is 1. The zero-order valence-electron chi connectivity index (χ0n) is 10.8. The highest BCUT2D eigenvalue weighted by Gasteiger charge is 2.29. The second-order valence-corrected chi connectivity index (χ2v) is 5.39. The molecule has 16 heavy (non-hydrogen) atoms. The first-order valence-electron chi connectivity index (χ1n) is 5.41. The predicted octanol–water partition coefficient (Wildman–Crippen LogP) is 2.07. The highest BCUT2D eigenvalue weighted by Crippen LogP contribution is 2.21. The normalized spacial score (nSPS) is 20.8. The fourth-order valence-electron chi connectivity index (χ4n) is 1.83. The van der Waals surface area contributed by atoms with Crippen molar-refractivity contribution in [2.45, 2.75) is 44.8 Å². The Balaban J connectivity index is 0. The molecule has 1 heterocycles. The second-order valence-electron chi connectivity index (χ2n) is 5.39. The maximum Gasteiger partial charge on any atom is 0.0749 e. The van der Waals surface area contributed by atoms with Gasteiger partial charge in [-0.25, -0.2) is 0 Å². The van der Waals surface area contributed by atoms with E-state index < -0.39 is 0 Å². The van der Waals surface area contributed by atoms with E-state index >= 15 is 0 Å². The number of hydrogen-bond acceptors (Lipinski definition) is 3. The van der Waals surface area contributed by atoms with E-state index in [1.165, 1.54) is 0 Å². The number of rotatable bonds is 3. The van der Waals surface area contributed by atoms with Gasteiger partial charge in [0.25, 0.3) is 0 Å². The zero-order chi connectivity index (χ0) is 10.8. The molecule has 0 radical (unpaired) electrons. The van der Waals surface area contributed by atoms with Crippen LogP contribution in [0.5, 0.6) is 0 Å². The van der Waals surface area contributed by atoms with Gasteiger partial charge in [-0.2, -0.15) is 0 Å². The van der Waals surface area contributed by atoms with Crippen molar-refractivity contribution in [3.05, 3.63) is 0 Å². The van der Waals surface area contributed by atoms with E-state index in [9.17, 15) is 0 Å². The second kappa shape index (κ2) is 7.02. The molecule has 1 saturated heterocycles. The van der Waals surface area contributed by atoms with E-state index in [0.29, 0.717) is 0 Å². The van der Waals surface area contributed by atoms with Crippen LogP contribution in [0.15, 0.2) is 0 Å². The zero-order valence-corrected chi connectivity index (χ0v) is 12.4. The summed E-state index contributed by atoms with van der Waals surface area (Å²) in [7, 11) is 1.77. The summed E-state index contributed by atoms with van der Waals surface area (Å²) in [6.45, 7) is 9.59. The minimum Gasteiger partial charge on any atom is -0.377 e. The summed E-state index contributed by atoms with van der Waals surface area (Å²) in [5, 5.41) is 0. The SMILES string of the molecule is COC(C)(C)CN1CCC(C)(N)CC1.Cl.Cl. The molecular weight excluding hydrogens is 247 g/mol. The largest absolute Gasteiger partial charge is 0.377 e. The lowest BCUT2D eigenvalue weighted by molar-refractivity contribution is -0.0154. The van der Waals surface area contributed by atoms with E-state index in [-0.39, 0.29) is 36.0 Å². The van der Waals surface area contributed by atoms with Crippen LogP contribution >= 0.6 is 24.8 Å². The topological polar surface area (TPSA) is 38.5 Å². The first-order valence-corrected chi connectivity index (χ1v) is 5.41. The molecule has 0 amide bonds. The molecule has 2 N–H and O–H groups in total. The first-order chi connectivity index (χ1) is 6.35. The van der Waals surface area contributed by atoms with E-state index in [1.54, 1.807) is 7.11 Å². The van der Waals surface area contributed by atoms with Gasteiger partial charge in [0.1, 0.15) is 0 Å². The summed E-state index contributed by atoms with van der Waals surface area (Å²) in [6, 6.07) is 0. The van der Waals surface area contributed by atoms with Crippen LogP contribution in [0, 0.1) is 0 Å². The Morgan fingerprint density at radius 3 is 2.06 bits per heavy atom. The molecule has 0 saturated carbocycles. The number of halogens is 2. The standard InChI is InChI=1S/C11H24N2O.2ClH/c1-10(2,14-4)9-13-7-5-11(3,12)6-8-13;;/h5-9,12H2,1-4H3;2*1H. The summed E-state index contributed by atoms with van der Waals surface area (Å²) < 4.78 is 5.42. The summed E-state index contributed by atoms with van der Waals surface area (Å²) in [5.41, 5.74) is 6.09. The van der Waals surface area contributed by atoms with E-state index in [2.05, 4.69) is 25.7 Å². The average molecular weight is 273 g/mol. The number of hydrogen-bond donors (Lipinski definition) is 1. The van der Waals surface area contributed by atoms with Crippen LogP contribution < -0.4 is 5.73 Å². The Morgan fingerprint density at radius 1 is 1.25 bits per heavy atom. The van der Waals surface area contributed by atoms with Crippen LogP contribution in [0.3, 0.4) is 0 Å². The number of methoxy groups -OCH3 is 1. The predicted molar refractivity (Wildman–Crippen MR) is 73.9 cm³/mol. The summed E-state index contributed by atoms with van der Waals surface area (Å²) in [5.74, 6) is 0. The molecule has 1 aliphatic rings. The molecular formula is C11H26Cl2N2O. The lowest BCUT2D eigenvalue weighted by Crippen LogP contribution is -2.51. The van der Waals surface area contributed by atoms with Gasteiger partial charge >= 0.3 is 0 Å². The van der Waals surface area contributed by atoms with Crippen LogP contribution in [0.4, 0.5) is 0 Å². The van der Waals surface area contributed by atoms with Crippen LogP contribution in [0.25, 0.3) is 0 Å². The summed E-state index contributed by atoms with van der Waals surface area (Å²) >= 11 is 0. The molecule has 0 aromatic rings. The minimum absolute atomic E-state index is 0. The Hall–Kier alpha value is 0.460. The Labute approximate surface area is 112 Å². The maximum atomic E-state index is 6.08. The minimum atomic E-state index is -0.0393. The highest BCUT2D eigenvalue weighted by atomic mass is 35.5. The molecule has 0 bridgehead atoms. The van der Waals surface area contributed by atoms with Crippen molar-refractivity contribution in [1.29, 1.82) is 0 Å². The molecule has 0 spiro atoms. The van der Waals surface area contributed by atoms with Gasteiger partial charge in [-0.3, -0.25) is 0 Å². The average Bonchev–Trinajstić information content (AvgIpc) is 2.09. The third-order valence-corrected chi connectivity index (χ3v) is 3.16. The van der Waals surface area contributed by atoms with Crippen molar-refractivity contribution in [2.75, 3.05) is 26.7 Å². The van der Waals surface area contributed by atoms with Crippen molar-refractivity contribution >= 4 is 24.8 Å². The number of nitrogens with zero attached hydrogens (tertiary/aromatic N) is 1.